The first-order valence-electron chi connectivity index (χ1n) is 8.47. The van der Waals surface area contributed by atoms with Gasteiger partial charge in [-0.3, -0.25) is 9.59 Å². The average molecular weight is 361 g/mol. The molecule has 0 spiro atoms. The highest BCUT2D eigenvalue weighted by Gasteiger charge is 2.16. The van der Waals surface area contributed by atoms with E-state index in [4.69, 9.17) is 16.3 Å². The molecule has 0 saturated heterocycles. The van der Waals surface area contributed by atoms with Crippen LogP contribution < -0.4 is 15.6 Å². The van der Waals surface area contributed by atoms with E-state index in [0.29, 0.717) is 23.9 Å². The second-order valence-electron chi connectivity index (χ2n) is 6.24. The summed E-state index contributed by atoms with van der Waals surface area (Å²) in [5, 5.41) is 3.42. The second kappa shape index (κ2) is 7.74. The molecule has 1 heterocycles. The van der Waals surface area contributed by atoms with Gasteiger partial charge in [0.2, 0.25) is 0 Å². The molecule has 1 aliphatic rings. The Kier molecular flexibility index (Phi) is 5.43. The summed E-state index contributed by atoms with van der Waals surface area (Å²) >= 11 is 5.97. The van der Waals surface area contributed by atoms with Crippen molar-refractivity contribution in [1.82, 2.24) is 10.3 Å². The summed E-state index contributed by atoms with van der Waals surface area (Å²) < 4.78 is 5.59. The lowest BCUT2D eigenvalue weighted by atomic mass is 9.95. The number of aromatic amines is 1. The molecule has 0 aliphatic heterocycles. The molecule has 0 bridgehead atoms. The predicted molar refractivity (Wildman–Crippen MR) is 97.7 cm³/mol. The number of pyridine rings is 1. The van der Waals surface area contributed by atoms with Gasteiger partial charge in [-0.1, -0.05) is 11.6 Å². The largest absolute Gasteiger partial charge is 0.492 e. The molecule has 0 unspecified atom stereocenters. The lowest BCUT2D eigenvalue weighted by molar-refractivity contribution is 0.0945. The first kappa shape index (κ1) is 17.5. The van der Waals surface area contributed by atoms with Crippen molar-refractivity contribution >= 4 is 17.5 Å². The van der Waals surface area contributed by atoms with E-state index in [2.05, 4.69) is 10.3 Å². The Morgan fingerprint density at radius 1 is 1.28 bits per heavy atom. The molecule has 1 aromatic heterocycles. The van der Waals surface area contributed by atoms with E-state index in [1.807, 2.05) is 13.0 Å². The van der Waals surface area contributed by atoms with Crippen LogP contribution in [0.2, 0.25) is 5.02 Å². The van der Waals surface area contributed by atoms with E-state index >= 15 is 0 Å². The summed E-state index contributed by atoms with van der Waals surface area (Å²) in [6.07, 6.45) is 3.96. The number of ether oxygens (including phenoxy) is 1. The number of fused-ring (bicyclic) bond motifs is 1. The SMILES string of the molecule is Cc1cc(OCCNC(=O)c2cc3c([nH]c2=O)CCCC3)ccc1Cl. The molecule has 5 nitrogen and oxygen atoms in total. The maximum absolute atomic E-state index is 12.3. The number of hydrogen-bond acceptors (Lipinski definition) is 3. The molecule has 1 amide bonds. The molecule has 1 aliphatic carbocycles. The first-order valence-corrected chi connectivity index (χ1v) is 8.84. The third-order valence-corrected chi connectivity index (χ3v) is 4.79. The van der Waals surface area contributed by atoms with Crippen LogP contribution in [0.3, 0.4) is 0 Å². The van der Waals surface area contributed by atoms with Crippen molar-refractivity contribution in [3.63, 3.8) is 0 Å². The van der Waals surface area contributed by atoms with Gasteiger partial charge in [0, 0.05) is 10.7 Å². The molecule has 3 rings (SSSR count). The Hall–Kier alpha value is -2.27. The van der Waals surface area contributed by atoms with Crippen molar-refractivity contribution in [2.75, 3.05) is 13.2 Å². The first-order chi connectivity index (χ1) is 12.0. The molecule has 25 heavy (non-hydrogen) atoms. The van der Waals surface area contributed by atoms with Crippen LogP contribution in [0, 0.1) is 6.92 Å². The normalized spacial score (nSPS) is 13.2. The molecule has 0 radical (unpaired) electrons. The fraction of sp³-hybridized carbons (Fsp3) is 0.368. The minimum absolute atomic E-state index is 0.169. The Labute approximate surface area is 151 Å². The van der Waals surface area contributed by atoms with Crippen molar-refractivity contribution in [3.05, 3.63) is 62.0 Å². The number of hydrogen-bond donors (Lipinski definition) is 2. The van der Waals surface area contributed by atoms with Gasteiger partial charge in [-0.25, -0.2) is 0 Å². The number of amides is 1. The van der Waals surface area contributed by atoms with Gasteiger partial charge in [-0.15, -0.1) is 0 Å². The smallest absolute Gasteiger partial charge is 0.261 e. The quantitative estimate of drug-likeness (QED) is 0.805. The van der Waals surface area contributed by atoms with Gasteiger partial charge in [-0.2, -0.15) is 0 Å². The molecule has 1 aromatic carbocycles. The molecule has 2 aromatic rings. The molecule has 6 heteroatoms. The minimum Gasteiger partial charge on any atom is -0.492 e. The van der Waals surface area contributed by atoms with Gasteiger partial charge in [0.15, 0.2) is 0 Å². The van der Waals surface area contributed by atoms with Crippen molar-refractivity contribution < 1.29 is 9.53 Å². The predicted octanol–water partition coefficient (Wildman–Crippen LogP) is 3.02. The zero-order chi connectivity index (χ0) is 17.8. The molecular formula is C19H21ClN2O3. The monoisotopic (exact) mass is 360 g/mol. The van der Waals surface area contributed by atoms with Crippen LogP contribution in [0.5, 0.6) is 5.75 Å². The summed E-state index contributed by atoms with van der Waals surface area (Å²) in [6, 6.07) is 7.13. The van der Waals surface area contributed by atoms with Crippen LogP contribution in [-0.4, -0.2) is 24.0 Å². The number of aryl methyl sites for hydroxylation is 3. The van der Waals surface area contributed by atoms with Crippen molar-refractivity contribution in [1.29, 1.82) is 0 Å². The van der Waals surface area contributed by atoms with Crippen molar-refractivity contribution in [2.24, 2.45) is 0 Å². The molecule has 0 atom stereocenters. The van der Waals surface area contributed by atoms with Crippen LogP contribution in [-0.2, 0) is 12.8 Å². The highest BCUT2D eigenvalue weighted by molar-refractivity contribution is 6.31. The number of carbonyl (C=O) groups excluding carboxylic acids is 1. The zero-order valence-corrected chi connectivity index (χ0v) is 14.9. The fourth-order valence-corrected chi connectivity index (χ4v) is 3.10. The Balaban J connectivity index is 1.56. The molecule has 132 valence electrons. The summed E-state index contributed by atoms with van der Waals surface area (Å²) in [7, 11) is 0. The topological polar surface area (TPSA) is 71.2 Å². The summed E-state index contributed by atoms with van der Waals surface area (Å²) in [4.78, 5) is 27.2. The Morgan fingerprint density at radius 2 is 2.08 bits per heavy atom. The highest BCUT2D eigenvalue weighted by Crippen LogP contribution is 2.21. The third kappa shape index (κ3) is 4.23. The van der Waals surface area contributed by atoms with E-state index in [1.165, 1.54) is 0 Å². The number of aromatic nitrogens is 1. The van der Waals surface area contributed by atoms with E-state index in [9.17, 15) is 9.59 Å². The molecule has 0 saturated carbocycles. The molecular weight excluding hydrogens is 340 g/mol. The van der Waals surface area contributed by atoms with E-state index < -0.39 is 0 Å². The summed E-state index contributed by atoms with van der Waals surface area (Å²) in [5.74, 6) is 0.327. The van der Waals surface area contributed by atoms with Gasteiger partial charge in [-0.05, 0) is 68.0 Å². The lowest BCUT2D eigenvalue weighted by Gasteiger charge is -2.16. The number of rotatable bonds is 5. The van der Waals surface area contributed by atoms with Crippen LogP contribution in [0.4, 0.5) is 0 Å². The zero-order valence-electron chi connectivity index (χ0n) is 14.2. The van der Waals surface area contributed by atoms with Crippen molar-refractivity contribution in [3.8, 4) is 5.75 Å². The van der Waals surface area contributed by atoms with Crippen molar-refractivity contribution in [2.45, 2.75) is 32.6 Å². The number of H-pyrrole nitrogens is 1. The maximum Gasteiger partial charge on any atom is 0.261 e. The lowest BCUT2D eigenvalue weighted by Crippen LogP contribution is -2.33. The Bertz CT molecular complexity index is 845. The van der Waals surface area contributed by atoms with Gasteiger partial charge < -0.3 is 15.0 Å². The van der Waals surface area contributed by atoms with Gasteiger partial charge in [0.25, 0.3) is 11.5 Å². The highest BCUT2D eigenvalue weighted by atomic mass is 35.5. The fourth-order valence-electron chi connectivity index (χ4n) is 2.98. The van der Waals surface area contributed by atoms with Gasteiger partial charge >= 0.3 is 0 Å². The van der Waals surface area contributed by atoms with Gasteiger partial charge in [0.1, 0.15) is 17.9 Å². The van der Waals surface area contributed by atoms with Crippen LogP contribution in [0.15, 0.2) is 29.1 Å². The van der Waals surface area contributed by atoms with E-state index in [0.717, 1.165) is 42.5 Å². The van der Waals surface area contributed by atoms with Crippen LogP contribution in [0.25, 0.3) is 0 Å². The van der Waals surface area contributed by atoms with Crippen LogP contribution >= 0.6 is 11.6 Å². The van der Waals surface area contributed by atoms with Crippen LogP contribution in [0.1, 0.15) is 40.0 Å². The number of halogens is 1. The van der Waals surface area contributed by atoms with E-state index in [1.54, 1.807) is 18.2 Å². The second-order valence-corrected chi connectivity index (χ2v) is 6.65. The Morgan fingerprint density at radius 3 is 2.88 bits per heavy atom. The average Bonchev–Trinajstić information content (AvgIpc) is 2.61. The summed E-state index contributed by atoms with van der Waals surface area (Å²) in [5.41, 5.74) is 2.82. The number of nitrogens with one attached hydrogen (secondary N) is 2. The molecule has 2 N–H and O–H groups in total. The number of benzene rings is 1. The van der Waals surface area contributed by atoms with E-state index in [-0.39, 0.29) is 17.0 Å². The molecule has 0 fully saturated rings. The standard InChI is InChI=1S/C19H21ClN2O3/c1-12-10-14(6-7-16(12)20)25-9-8-21-18(23)15-11-13-4-2-3-5-17(13)22-19(15)24/h6-7,10-11H,2-5,8-9H2,1H3,(H,21,23)(H,22,24). The minimum atomic E-state index is -0.370. The summed E-state index contributed by atoms with van der Waals surface area (Å²) in [6.45, 7) is 2.53. The third-order valence-electron chi connectivity index (χ3n) is 4.37. The van der Waals surface area contributed by atoms with Gasteiger partial charge in [0.05, 0.1) is 6.54 Å². The maximum atomic E-state index is 12.3. The number of carbonyl (C=O) groups is 1.